The van der Waals surface area contributed by atoms with Crippen LogP contribution in [0, 0.1) is 13.8 Å². The van der Waals surface area contributed by atoms with E-state index in [4.69, 9.17) is 0 Å². The lowest BCUT2D eigenvalue weighted by atomic mass is 10.1. The summed E-state index contributed by atoms with van der Waals surface area (Å²) in [6.45, 7) is 5.41. The number of aryl methyl sites for hydroxylation is 2. The summed E-state index contributed by atoms with van der Waals surface area (Å²) >= 11 is 1.30. The molecule has 1 aromatic heterocycles. The van der Waals surface area contributed by atoms with Crippen molar-refractivity contribution in [2.45, 2.75) is 25.9 Å². The molecule has 0 spiro atoms. The molecule has 2 amide bonds. The molecule has 28 heavy (non-hydrogen) atoms. The van der Waals surface area contributed by atoms with Gasteiger partial charge in [0.25, 0.3) is 0 Å². The van der Waals surface area contributed by atoms with Gasteiger partial charge in [0.15, 0.2) is 5.16 Å². The van der Waals surface area contributed by atoms with Gasteiger partial charge in [-0.3, -0.25) is 14.2 Å². The highest BCUT2D eigenvalue weighted by Gasteiger charge is 2.12. The molecule has 2 N–H and O–H groups in total. The highest BCUT2D eigenvalue weighted by molar-refractivity contribution is 7.99. The van der Waals surface area contributed by atoms with Crippen LogP contribution in [0.3, 0.4) is 0 Å². The van der Waals surface area contributed by atoms with Crippen molar-refractivity contribution in [3.63, 3.8) is 0 Å². The van der Waals surface area contributed by atoms with Crippen LogP contribution in [-0.4, -0.2) is 32.3 Å². The van der Waals surface area contributed by atoms with Crippen LogP contribution in [-0.2, 0) is 9.59 Å². The molecule has 0 aliphatic carbocycles. The maximum atomic E-state index is 12.4. The number of anilines is 2. The third-order valence-corrected chi connectivity index (χ3v) is 4.90. The Morgan fingerprint density at radius 1 is 1.11 bits per heavy atom. The number of rotatable bonds is 6. The molecule has 0 fully saturated rings. The van der Waals surface area contributed by atoms with Gasteiger partial charge in [-0.2, -0.15) is 0 Å². The maximum absolute atomic E-state index is 12.4. The van der Waals surface area contributed by atoms with Crippen LogP contribution in [0.15, 0.2) is 53.9 Å². The summed E-state index contributed by atoms with van der Waals surface area (Å²) in [7, 11) is 0. The third-order valence-electron chi connectivity index (χ3n) is 3.96. The van der Waals surface area contributed by atoms with E-state index in [9.17, 15) is 9.59 Å². The molecule has 2 aromatic carbocycles. The van der Waals surface area contributed by atoms with Gasteiger partial charge in [0.1, 0.15) is 6.33 Å². The normalized spacial score (nSPS) is 10.5. The first-order valence-electron chi connectivity index (χ1n) is 8.70. The van der Waals surface area contributed by atoms with E-state index in [1.54, 1.807) is 17.0 Å². The molecule has 7 nitrogen and oxygen atoms in total. The minimum absolute atomic E-state index is 0.111. The molecule has 8 heteroatoms. The van der Waals surface area contributed by atoms with Gasteiger partial charge >= 0.3 is 0 Å². The molecule has 0 bridgehead atoms. The van der Waals surface area contributed by atoms with Gasteiger partial charge < -0.3 is 10.6 Å². The summed E-state index contributed by atoms with van der Waals surface area (Å²) in [5, 5.41) is 14.3. The molecule has 0 saturated heterocycles. The molecular formula is C20H21N5O2S. The van der Waals surface area contributed by atoms with Crippen LogP contribution in [0.4, 0.5) is 11.4 Å². The molecule has 3 aromatic rings. The average molecular weight is 395 g/mol. The number of benzene rings is 2. The van der Waals surface area contributed by atoms with Gasteiger partial charge in [-0.1, -0.05) is 30.0 Å². The predicted octanol–water partition coefficient (Wildman–Crippen LogP) is 3.57. The lowest BCUT2D eigenvalue weighted by molar-refractivity contribution is -0.114. The van der Waals surface area contributed by atoms with Gasteiger partial charge in [0, 0.05) is 18.3 Å². The number of aromatic nitrogens is 3. The topological polar surface area (TPSA) is 88.9 Å². The Hall–Kier alpha value is -3.13. The largest absolute Gasteiger partial charge is 0.326 e. The minimum atomic E-state index is -0.140. The number of nitrogens with zero attached hydrogens (tertiary/aromatic N) is 3. The Balaban J connectivity index is 1.68. The third kappa shape index (κ3) is 4.98. The maximum Gasteiger partial charge on any atom is 0.234 e. The number of thioether (sulfide) groups is 1. The van der Waals surface area contributed by atoms with Crippen LogP contribution >= 0.6 is 11.8 Å². The Kier molecular flexibility index (Phi) is 6.10. The number of hydrogen-bond donors (Lipinski definition) is 2. The Morgan fingerprint density at radius 3 is 2.71 bits per heavy atom. The summed E-state index contributed by atoms with van der Waals surface area (Å²) in [4.78, 5) is 23.6. The average Bonchev–Trinajstić information content (AvgIpc) is 3.11. The SMILES string of the molecule is CC(=O)Nc1cccc(-n2cnnc2SCC(=O)Nc2cc(C)ccc2C)c1. The molecule has 0 saturated carbocycles. The highest BCUT2D eigenvalue weighted by Crippen LogP contribution is 2.22. The van der Waals surface area contributed by atoms with Crippen molar-refractivity contribution in [2.24, 2.45) is 0 Å². The van der Waals surface area contributed by atoms with Crippen LogP contribution < -0.4 is 10.6 Å². The molecular weight excluding hydrogens is 374 g/mol. The van der Waals surface area contributed by atoms with Crippen LogP contribution in [0.5, 0.6) is 0 Å². The second-order valence-corrected chi connectivity index (χ2v) is 7.31. The van der Waals surface area contributed by atoms with Crippen molar-refractivity contribution in [2.75, 3.05) is 16.4 Å². The predicted molar refractivity (Wildman–Crippen MR) is 111 cm³/mol. The van der Waals surface area contributed by atoms with Crippen molar-refractivity contribution >= 4 is 35.0 Å². The molecule has 0 atom stereocenters. The number of nitrogens with one attached hydrogen (secondary N) is 2. The first kappa shape index (κ1) is 19.6. The first-order chi connectivity index (χ1) is 13.4. The highest BCUT2D eigenvalue weighted by atomic mass is 32.2. The van der Waals surface area contributed by atoms with Gasteiger partial charge in [-0.25, -0.2) is 0 Å². The second-order valence-electron chi connectivity index (χ2n) is 6.37. The van der Waals surface area contributed by atoms with Crippen molar-refractivity contribution in [3.8, 4) is 5.69 Å². The van der Waals surface area contributed by atoms with Crippen LogP contribution in [0.2, 0.25) is 0 Å². The lowest BCUT2D eigenvalue weighted by Gasteiger charge is -2.10. The molecule has 144 valence electrons. The van der Waals surface area contributed by atoms with Gasteiger partial charge in [-0.15, -0.1) is 10.2 Å². The number of amides is 2. The Morgan fingerprint density at radius 2 is 1.93 bits per heavy atom. The Labute approximate surface area is 167 Å². The van der Waals surface area contributed by atoms with E-state index in [-0.39, 0.29) is 17.6 Å². The Bertz CT molecular complexity index is 1020. The zero-order chi connectivity index (χ0) is 20.1. The summed E-state index contributed by atoms with van der Waals surface area (Å²) in [5.41, 5.74) is 4.40. The second kappa shape index (κ2) is 8.71. The van der Waals surface area contributed by atoms with E-state index in [1.807, 2.05) is 50.2 Å². The molecule has 0 aliphatic rings. The van der Waals surface area contributed by atoms with E-state index >= 15 is 0 Å². The monoisotopic (exact) mass is 395 g/mol. The van der Waals surface area contributed by atoms with Crippen LogP contribution in [0.25, 0.3) is 5.69 Å². The van der Waals surface area contributed by atoms with Gasteiger partial charge in [0.2, 0.25) is 11.8 Å². The first-order valence-corrected chi connectivity index (χ1v) is 9.69. The molecule has 0 radical (unpaired) electrons. The van der Waals surface area contributed by atoms with E-state index in [1.165, 1.54) is 18.7 Å². The summed E-state index contributed by atoms with van der Waals surface area (Å²) in [6.07, 6.45) is 1.58. The molecule has 0 aliphatic heterocycles. The molecule has 0 unspecified atom stereocenters. The summed E-state index contributed by atoms with van der Waals surface area (Å²) < 4.78 is 1.78. The standard InChI is InChI=1S/C20H21N5O2S/c1-13-7-8-14(2)18(9-13)23-19(27)11-28-20-24-21-12-25(20)17-6-4-5-16(10-17)22-15(3)26/h4-10,12H,11H2,1-3H3,(H,22,26)(H,23,27). The van der Waals surface area contributed by atoms with E-state index in [0.717, 1.165) is 22.5 Å². The van der Waals surface area contributed by atoms with Gasteiger partial charge in [0.05, 0.1) is 11.4 Å². The van der Waals surface area contributed by atoms with Gasteiger partial charge in [-0.05, 0) is 49.2 Å². The van der Waals surface area contributed by atoms with Crippen molar-refractivity contribution < 1.29 is 9.59 Å². The van der Waals surface area contributed by atoms with Crippen molar-refractivity contribution in [1.82, 2.24) is 14.8 Å². The number of hydrogen-bond acceptors (Lipinski definition) is 5. The fraction of sp³-hybridized carbons (Fsp3) is 0.200. The molecule has 3 rings (SSSR count). The number of carbonyl (C=O) groups excluding carboxylic acids is 2. The zero-order valence-corrected chi connectivity index (χ0v) is 16.7. The number of carbonyl (C=O) groups is 2. The minimum Gasteiger partial charge on any atom is -0.326 e. The van der Waals surface area contributed by atoms with Crippen molar-refractivity contribution in [3.05, 3.63) is 59.9 Å². The smallest absolute Gasteiger partial charge is 0.234 e. The lowest BCUT2D eigenvalue weighted by Crippen LogP contribution is -2.15. The van der Waals surface area contributed by atoms with E-state index in [0.29, 0.717) is 10.8 Å². The van der Waals surface area contributed by atoms with Crippen LogP contribution in [0.1, 0.15) is 18.1 Å². The van der Waals surface area contributed by atoms with E-state index in [2.05, 4.69) is 20.8 Å². The summed E-state index contributed by atoms with van der Waals surface area (Å²) in [6, 6.07) is 13.3. The van der Waals surface area contributed by atoms with E-state index < -0.39 is 0 Å². The zero-order valence-electron chi connectivity index (χ0n) is 15.9. The fourth-order valence-electron chi connectivity index (χ4n) is 2.62. The quantitative estimate of drug-likeness (QED) is 0.623. The fourth-order valence-corrected chi connectivity index (χ4v) is 3.35. The van der Waals surface area contributed by atoms with Crippen molar-refractivity contribution in [1.29, 1.82) is 0 Å². The molecule has 1 heterocycles. The summed E-state index contributed by atoms with van der Waals surface area (Å²) in [5.74, 6) is -0.0452.